The lowest BCUT2D eigenvalue weighted by molar-refractivity contribution is -0.508. The van der Waals surface area contributed by atoms with Gasteiger partial charge >= 0.3 is 0 Å². The fraction of sp³-hybridized carbons (Fsp3) is 1.00. The molecule has 1 fully saturated rings. The zero-order chi connectivity index (χ0) is 10.7. The summed E-state index contributed by atoms with van der Waals surface area (Å²) in [6.45, 7) is 4.30. The van der Waals surface area contributed by atoms with E-state index in [0.717, 1.165) is 12.8 Å². The van der Waals surface area contributed by atoms with Crippen LogP contribution in [0, 0.1) is 11.8 Å². The Labute approximate surface area is 84.1 Å². The second kappa shape index (κ2) is 5.04. The summed E-state index contributed by atoms with van der Waals surface area (Å²) >= 11 is 0. The molecule has 1 rings (SSSR count). The molecule has 0 radical (unpaired) electrons. The van der Waals surface area contributed by atoms with Crippen LogP contribution in [0.25, 0.3) is 0 Å². The summed E-state index contributed by atoms with van der Waals surface area (Å²) in [4.78, 5) is 4.81. The van der Waals surface area contributed by atoms with E-state index in [1.165, 1.54) is 0 Å². The van der Waals surface area contributed by atoms with E-state index in [0.29, 0.717) is 11.8 Å². The first-order valence-corrected chi connectivity index (χ1v) is 4.92. The second-order valence-electron chi connectivity index (χ2n) is 4.15. The fourth-order valence-corrected chi connectivity index (χ4v) is 2.02. The van der Waals surface area contributed by atoms with Gasteiger partial charge in [0.15, 0.2) is 0 Å². The topological polar surface area (TPSA) is 62.2 Å². The molecule has 14 heavy (non-hydrogen) atoms. The highest BCUT2D eigenvalue weighted by Gasteiger charge is 2.37. The lowest BCUT2D eigenvalue weighted by Crippen LogP contribution is -2.31. The molecule has 0 spiro atoms. The SMILES string of the molecule is CO[C@@H]1C[C@@H](C(C)C)C[C@H]1ON(O)O. The Morgan fingerprint density at radius 3 is 2.21 bits per heavy atom. The van der Waals surface area contributed by atoms with E-state index >= 15 is 0 Å². The largest absolute Gasteiger partial charge is 0.379 e. The van der Waals surface area contributed by atoms with E-state index in [2.05, 4.69) is 13.8 Å². The van der Waals surface area contributed by atoms with Gasteiger partial charge in [0.05, 0.1) is 11.5 Å². The van der Waals surface area contributed by atoms with Gasteiger partial charge in [-0.2, -0.15) is 0 Å². The first-order valence-electron chi connectivity index (χ1n) is 4.92. The second-order valence-corrected chi connectivity index (χ2v) is 4.15. The van der Waals surface area contributed by atoms with E-state index in [1.807, 2.05) is 0 Å². The predicted octanol–water partition coefficient (Wildman–Crippen LogP) is 1.45. The molecule has 1 aliphatic rings. The molecule has 0 amide bonds. The van der Waals surface area contributed by atoms with Crippen LogP contribution in [-0.2, 0) is 9.57 Å². The molecule has 0 aromatic carbocycles. The molecule has 3 atom stereocenters. The highest BCUT2D eigenvalue weighted by Crippen LogP contribution is 2.34. The number of nitrogens with zero attached hydrogens (tertiary/aromatic N) is 1. The third-order valence-corrected chi connectivity index (χ3v) is 2.96. The van der Waals surface area contributed by atoms with Crippen LogP contribution in [0.3, 0.4) is 0 Å². The number of rotatable bonds is 4. The minimum atomic E-state index is -0.262. The van der Waals surface area contributed by atoms with Crippen molar-refractivity contribution in [2.75, 3.05) is 7.11 Å². The molecule has 0 aromatic rings. The molecule has 1 saturated carbocycles. The van der Waals surface area contributed by atoms with Crippen LogP contribution in [0.2, 0.25) is 0 Å². The third kappa shape index (κ3) is 2.90. The van der Waals surface area contributed by atoms with Crippen molar-refractivity contribution >= 4 is 0 Å². The van der Waals surface area contributed by atoms with Crippen molar-refractivity contribution in [1.29, 1.82) is 0 Å². The van der Waals surface area contributed by atoms with Gasteiger partial charge in [-0.15, -0.1) is 0 Å². The molecule has 0 saturated heterocycles. The van der Waals surface area contributed by atoms with E-state index in [1.54, 1.807) is 7.11 Å². The predicted molar refractivity (Wildman–Crippen MR) is 48.6 cm³/mol. The molecule has 0 heterocycles. The van der Waals surface area contributed by atoms with Crippen molar-refractivity contribution in [3.63, 3.8) is 0 Å². The van der Waals surface area contributed by atoms with E-state index in [9.17, 15) is 0 Å². The maximum atomic E-state index is 8.56. The Hall–Kier alpha value is -0.200. The quantitative estimate of drug-likeness (QED) is 0.680. The minimum absolute atomic E-state index is 0.0517. The van der Waals surface area contributed by atoms with E-state index < -0.39 is 0 Å². The summed E-state index contributed by atoms with van der Waals surface area (Å²) in [5.41, 5.74) is 0. The summed E-state index contributed by atoms with van der Waals surface area (Å²) in [5, 5.41) is 16.9. The maximum Gasteiger partial charge on any atom is 0.111 e. The zero-order valence-electron chi connectivity index (χ0n) is 8.88. The normalized spacial score (nSPS) is 33.2. The summed E-state index contributed by atoms with van der Waals surface area (Å²) in [7, 11) is 1.61. The van der Waals surface area contributed by atoms with Gasteiger partial charge in [-0.3, -0.25) is 10.4 Å². The van der Waals surface area contributed by atoms with Crippen LogP contribution in [0.4, 0.5) is 0 Å². The van der Waals surface area contributed by atoms with Crippen molar-refractivity contribution in [3.05, 3.63) is 0 Å². The average molecular weight is 205 g/mol. The summed E-state index contributed by atoms with van der Waals surface area (Å²) in [6, 6.07) is 0. The first-order chi connectivity index (χ1) is 6.54. The van der Waals surface area contributed by atoms with Gasteiger partial charge in [-0.05, 0) is 24.7 Å². The van der Waals surface area contributed by atoms with E-state index in [4.69, 9.17) is 20.0 Å². The van der Waals surface area contributed by atoms with Crippen LogP contribution < -0.4 is 0 Å². The van der Waals surface area contributed by atoms with Crippen LogP contribution in [0.1, 0.15) is 26.7 Å². The number of hydrogen-bond donors (Lipinski definition) is 2. The van der Waals surface area contributed by atoms with Crippen LogP contribution in [0.5, 0.6) is 0 Å². The molecular weight excluding hydrogens is 186 g/mol. The standard InChI is InChI=1S/C9H19NO4/c1-6(2)7-4-8(13-3)9(5-7)14-10(11)12/h6-9,11-12H,4-5H2,1-3H3/t7-,8-,9-/m1/s1. The lowest BCUT2D eigenvalue weighted by Gasteiger charge is -2.18. The van der Waals surface area contributed by atoms with Gasteiger partial charge in [-0.25, -0.2) is 4.84 Å². The summed E-state index contributed by atoms with van der Waals surface area (Å²) in [6.07, 6.45) is 1.40. The van der Waals surface area contributed by atoms with Crippen LogP contribution in [0.15, 0.2) is 0 Å². The van der Waals surface area contributed by atoms with Crippen molar-refractivity contribution in [3.8, 4) is 0 Å². The smallest absolute Gasteiger partial charge is 0.111 e. The molecule has 5 nitrogen and oxygen atoms in total. The van der Waals surface area contributed by atoms with Gasteiger partial charge in [0.2, 0.25) is 0 Å². The molecule has 0 aliphatic heterocycles. The van der Waals surface area contributed by atoms with Crippen LogP contribution >= 0.6 is 0 Å². The molecule has 2 N–H and O–H groups in total. The molecule has 0 aromatic heterocycles. The Balaban J connectivity index is 2.49. The Bertz CT molecular complexity index is 174. The Morgan fingerprint density at radius 1 is 1.21 bits per heavy atom. The number of hydrogen-bond acceptors (Lipinski definition) is 5. The van der Waals surface area contributed by atoms with Gasteiger partial charge in [0, 0.05) is 7.11 Å². The summed E-state index contributed by atoms with van der Waals surface area (Å²) < 4.78 is 5.23. The van der Waals surface area contributed by atoms with E-state index in [-0.39, 0.29) is 17.6 Å². The van der Waals surface area contributed by atoms with Gasteiger partial charge in [0.25, 0.3) is 0 Å². The summed E-state index contributed by atoms with van der Waals surface area (Å²) in [5.74, 6) is 1.08. The Kier molecular flexibility index (Phi) is 4.28. The van der Waals surface area contributed by atoms with Crippen molar-refractivity contribution in [2.24, 2.45) is 11.8 Å². The number of ether oxygens (including phenoxy) is 1. The minimum Gasteiger partial charge on any atom is -0.379 e. The monoisotopic (exact) mass is 205 g/mol. The fourth-order valence-electron chi connectivity index (χ4n) is 2.02. The molecule has 0 unspecified atom stereocenters. The molecule has 0 bridgehead atoms. The highest BCUT2D eigenvalue weighted by molar-refractivity contribution is 4.86. The molecule has 5 heteroatoms. The van der Waals surface area contributed by atoms with Gasteiger partial charge < -0.3 is 4.74 Å². The molecule has 1 aliphatic carbocycles. The average Bonchev–Trinajstić information content (AvgIpc) is 2.46. The Morgan fingerprint density at radius 2 is 1.79 bits per heavy atom. The maximum absolute atomic E-state index is 8.56. The van der Waals surface area contributed by atoms with Gasteiger partial charge in [0.1, 0.15) is 6.10 Å². The lowest BCUT2D eigenvalue weighted by atomic mass is 9.94. The van der Waals surface area contributed by atoms with Gasteiger partial charge in [-0.1, -0.05) is 13.8 Å². The zero-order valence-corrected chi connectivity index (χ0v) is 8.88. The van der Waals surface area contributed by atoms with Crippen molar-refractivity contribution in [2.45, 2.75) is 38.9 Å². The first kappa shape index (κ1) is 11.9. The highest BCUT2D eigenvalue weighted by atomic mass is 17.1. The number of methoxy groups -OCH3 is 1. The third-order valence-electron chi connectivity index (χ3n) is 2.96. The van der Waals surface area contributed by atoms with Crippen LogP contribution in [-0.4, -0.2) is 35.1 Å². The van der Waals surface area contributed by atoms with Crippen molar-refractivity contribution in [1.82, 2.24) is 5.39 Å². The molecular formula is C9H19NO4. The molecule has 84 valence electrons. The van der Waals surface area contributed by atoms with Crippen molar-refractivity contribution < 1.29 is 20.0 Å².